The summed E-state index contributed by atoms with van der Waals surface area (Å²) in [6, 6.07) is 17.6. The van der Waals surface area contributed by atoms with E-state index in [0.717, 1.165) is 47.3 Å². The molecule has 2 aromatic carbocycles. The normalized spacial score (nSPS) is 14.8. The van der Waals surface area contributed by atoms with E-state index < -0.39 is 0 Å². The smallest absolute Gasteiger partial charge is 0.251 e. The topological polar surface area (TPSA) is 70.5 Å². The molecule has 0 spiro atoms. The zero-order valence-corrected chi connectivity index (χ0v) is 16.8. The number of hydrogen-bond acceptors (Lipinski definition) is 3. The number of nitrogens with zero attached hydrogens (tertiary/aromatic N) is 3. The summed E-state index contributed by atoms with van der Waals surface area (Å²) in [5, 5.41) is 4.91. The number of hydrogen-bond donors (Lipinski definition) is 1. The molecule has 1 N–H and O–H groups in total. The first-order valence-corrected chi connectivity index (χ1v) is 10.3. The van der Waals surface area contributed by atoms with E-state index in [9.17, 15) is 14.0 Å². The molecular formula is C24H21FN4O2. The van der Waals surface area contributed by atoms with Crippen LogP contribution in [0.4, 0.5) is 4.39 Å². The van der Waals surface area contributed by atoms with E-state index in [1.807, 2.05) is 34.8 Å². The van der Waals surface area contributed by atoms with Crippen molar-refractivity contribution in [1.29, 1.82) is 0 Å². The third-order valence-corrected chi connectivity index (χ3v) is 5.93. The monoisotopic (exact) mass is 416 g/mol. The number of aromatic nitrogens is 3. The van der Waals surface area contributed by atoms with Crippen molar-refractivity contribution in [3.8, 4) is 22.4 Å². The molecule has 0 aliphatic carbocycles. The minimum absolute atomic E-state index is 0.116. The first-order chi connectivity index (χ1) is 15.1. The van der Waals surface area contributed by atoms with Crippen LogP contribution < -0.4 is 5.56 Å². The van der Waals surface area contributed by atoms with Gasteiger partial charge >= 0.3 is 0 Å². The summed E-state index contributed by atoms with van der Waals surface area (Å²) in [6.45, 7) is 1.31. The first kappa shape index (κ1) is 19.2. The minimum Gasteiger partial charge on any atom is -0.345 e. The van der Waals surface area contributed by atoms with Crippen molar-refractivity contribution in [2.75, 3.05) is 13.1 Å². The standard InChI is InChI=1S/C24H21FN4O2/c25-19-8-6-17(7-9-19)22-23(18-4-2-1-3-5-18)27-29-20(14-21(31)26-24(22)29)16-10-12-28(15-30)13-11-16/h1-9,14-16H,10-13H2,(H,26,31). The van der Waals surface area contributed by atoms with E-state index in [0.29, 0.717) is 18.7 Å². The van der Waals surface area contributed by atoms with E-state index in [1.165, 1.54) is 12.1 Å². The maximum atomic E-state index is 13.6. The Morgan fingerprint density at radius 1 is 1.00 bits per heavy atom. The summed E-state index contributed by atoms with van der Waals surface area (Å²) < 4.78 is 15.4. The second-order valence-corrected chi connectivity index (χ2v) is 7.83. The molecule has 2 aromatic heterocycles. The van der Waals surface area contributed by atoms with Crippen molar-refractivity contribution in [3.05, 3.63) is 82.5 Å². The molecule has 1 aliphatic rings. The Bertz CT molecular complexity index is 1290. The first-order valence-electron chi connectivity index (χ1n) is 10.3. The predicted octanol–water partition coefficient (Wildman–Crippen LogP) is 3.83. The number of halogens is 1. The molecule has 1 amide bonds. The summed E-state index contributed by atoms with van der Waals surface area (Å²) >= 11 is 0. The van der Waals surface area contributed by atoms with E-state index in [2.05, 4.69) is 4.98 Å². The van der Waals surface area contributed by atoms with E-state index in [1.54, 1.807) is 23.1 Å². The molecule has 3 heterocycles. The Labute approximate surface area is 178 Å². The number of rotatable bonds is 4. The van der Waals surface area contributed by atoms with Crippen molar-refractivity contribution >= 4 is 12.1 Å². The predicted molar refractivity (Wildman–Crippen MR) is 116 cm³/mol. The average molecular weight is 416 g/mol. The zero-order chi connectivity index (χ0) is 21.4. The molecule has 156 valence electrons. The third-order valence-electron chi connectivity index (χ3n) is 5.93. The largest absolute Gasteiger partial charge is 0.345 e. The van der Waals surface area contributed by atoms with Gasteiger partial charge in [0, 0.05) is 30.6 Å². The number of benzene rings is 2. The molecule has 5 rings (SSSR count). The van der Waals surface area contributed by atoms with Crippen LogP contribution in [-0.2, 0) is 4.79 Å². The average Bonchev–Trinajstić information content (AvgIpc) is 3.19. The molecule has 4 aromatic rings. The molecule has 1 saturated heterocycles. The molecule has 0 unspecified atom stereocenters. The maximum absolute atomic E-state index is 13.6. The van der Waals surface area contributed by atoms with Crippen LogP contribution >= 0.6 is 0 Å². The fraction of sp³-hybridized carbons (Fsp3) is 0.208. The fourth-order valence-electron chi connectivity index (χ4n) is 4.35. The van der Waals surface area contributed by atoms with Crippen LogP contribution in [0.25, 0.3) is 28.0 Å². The van der Waals surface area contributed by atoms with Crippen LogP contribution in [0.15, 0.2) is 65.5 Å². The second-order valence-electron chi connectivity index (χ2n) is 7.83. The minimum atomic E-state index is -0.322. The summed E-state index contributed by atoms with van der Waals surface area (Å²) in [7, 11) is 0. The van der Waals surface area contributed by atoms with Crippen LogP contribution in [0.5, 0.6) is 0 Å². The molecule has 1 aliphatic heterocycles. The van der Waals surface area contributed by atoms with Crippen molar-refractivity contribution in [3.63, 3.8) is 0 Å². The van der Waals surface area contributed by atoms with E-state index in [-0.39, 0.29) is 17.3 Å². The molecule has 6 nitrogen and oxygen atoms in total. The van der Waals surface area contributed by atoms with Crippen molar-refractivity contribution in [2.24, 2.45) is 0 Å². The summed E-state index contributed by atoms with van der Waals surface area (Å²) in [5.41, 5.74) is 4.38. The SMILES string of the molecule is O=CN1CCC(c2cc(=O)[nH]c3c(-c4ccc(F)cc4)c(-c4ccccc4)nn23)CC1. The molecule has 0 radical (unpaired) electrons. The molecule has 1 fully saturated rings. The Morgan fingerprint density at radius 3 is 2.39 bits per heavy atom. The fourth-order valence-corrected chi connectivity index (χ4v) is 4.35. The molecule has 0 atom stereocenters. The second kappa shape index (κ2) is 7.83. The number of fused-ring (bicyclic) bond motifs is 1. The van der Waals surface area contributed by atoms with Crippen LogP contribution in [0.1, 0.15) is 24.5 Å². The summed E-state index contributed by atoms with van der Waals surface area (Å²) in [4.78, 5) is 28.4. The Kier molecular flexibility index (Phi) is 4.86. The van der Waals surface area contributed by atoms with Gasteiger partial charge in [0.2, 0.25) is 6.41 Å². The number of amides is 1. The summed E-state index contributed by atoms with van der Waals surface area (Å²) in [5.74, 6) is -0.205. The van der Waals surface area contributed by atoms with Gasteiger partial charge in [-0.3, -0.25) is 9.59 Å². The number of likely N-dealkylation sites (tertiary alicyclic amines) is 1. The Morgan fingerprint density at radius 2 is 1.71 bits per heavy atom. The highest BCUT2D eigenvalue weighted by molar-refractivity contribution is 5.90. The van der Waals surface area contributed by atoms with E-state index in [4.69, 9.17) is 5.10 Å². The van der Waals surface area contributed by atoms with Gasteiger partial charge in [-0.05, 0) is 30.5 Å². The molecule has 7 heteroatoms. The lowest BCUT2D eigenvalue weighted by Crippen LogP contribution is -2.32. The van der Waals surface area contributed by atoms with Crippen LogP contribution in [0.3, 0.4) is 0 Å². The van der Waals surface area contributed by atoms with Crippen molar-refractivity contribution in [1.82, 2.24) is 19.5 Å². The molecule has 0 saturated carbocycles. The van der Waals surface area contributed by atoms with Crippen LogP contribution in [-0.4, -0.2) is 39.0 Å². The van der Waals surface area contributed by atoms with Crippen LogP contribution in [0, 0.1) is 5.82 Å². The highest BCUT2D eigenvalue weighted by Gasteiger charge is 2.25. The number of aromatic amines is 1. The summed E-state index contributed by atoms with van der Waals surface area (Å²) in [6.07, 6.45) is 2.41. The number of piperidine rings is 1. The van der Waals surface area contributed by atoms with Gasteiger partial charge in [0.25, 0.3) is 5.56 Å². The lowest BCUT2D eigenvalue weighted by molar-refractivity contribution is -0.119. The van der Waals surface area contributed by atoms with Gasteiger partial charge in [0.1, 0.15) is 17.2 Å². The number of H-pyrrole nitrogens is 1. The van der Waals surface area contributed by atoms with Gasteiger partial charge in [0.15, 0.2) is 0 Å². The van der Waals surface area contributed by atoms with Crippen molar-refractivity contribution in [2.45, 2.75) is 18.8 Å². The third kappa shape index (κ3) is 3.52. The van der Waals surface area contributed by atoms with Gasteiger partial charge < -0.3 is 9.88 Å². The zero-order valence-electron chi connectivity index (χ0n) is 16.8. The lowest BCUT2D eigenvalue weighted by Gasteiger charge is -2.29. The maximum Gasteiger partial charge on any atom is 0.251 e. The highest BCUT2D eigenvalue weighted by Crippen LogP contribution is 2.36. The van der Waals surface area contributed by atoms with E-state index >= 15 is 0 Å². The van der Waals surface area contributed by atoms with Crippen molar-refractivity contribution < 1.29 is 9.18 Å². The van der Waals surface area contributed by atoms with Gasteiger partial charge in [-0.2, -0.15) is 5.10 Å². The quantitative estimate of drug-likeness (QED) is 0.514. The van der Waals surface area contributed by atoms with Gasteiger partial charge in [-0.25, -0.2) is 8.91 Å². The number of carbonyl (C=O) groups is 1. The lowest BCUT2D eigenvalue weighted by atomic mass is 9.93. The molecular weight excluding hydrogens is 395 g/mol. The number of carbonyl (C=O) groups excluding carboxylic acids is 1. The Balaban J connectivity index is 1.74. The van der Waals surface area contributed by atoms with Gasteiger partial charge in [-0.15, -0.1) is 0 Å². The van der Waals surface area contributed by atoms with Crippen LogP contribution in [0.2, 0.25) is 0 Å². The molecule has 31 heavy (non-hydrogen) atoms. The van der Waals surface area contributed by atoms with Gasteiger partial charge in [0.05, 0.1) is 11.3 Å². The molecule has 0 bridgehead atoms. The highest BCUT2D eigenvalue weighted by atomic mass is 19.1. The van der Waals surface area contributed by atoms with Gasteiger partial charge in [-0.1, -0.05) is 42.5 Å². The number of nitrogens with one attached hydrogen (secondary N) is 1. The Hall–Kier alpha value is -3.74.